The van der Waals surface area contributed by atoms with E-state index in [9.17, 15) is 19.2 Å². The third-order valence-electron chi connectivity index (χ3n) is 7.50. The van der Waals surface area contributed by atoms with E-state index in [1.54, 1.807) is 6.07 Å². The van der Waals surface area contributed by atoms with E-state index in [-0.39, 0.29) is 18.7 Å². The number of imide groups is 2. The molecule has 0 spiro atoms. The fourth-order valence-corrected chi connectivity index (χ4v) is 5.81. The molecule has 3 fully saturated rings. The molecule has 32 heavy (non-hydrogen) atoms. The molecular formula is C24H30N4O4. The number of piperidine rings is 3. The Balaban J connectivity index is 1.28. The number of nitrogens with one attached hydrogen (secondary N) is 2. The number of amides is 4. The van der Waals surface area contributed by atoms with E-state index in [0.29, 0.717) is 11.1 Å². The van der Waals surface area contributed by atoms with Crippen LogP contribution in [0.3, 0.4) is 0 Å². The van der Waals surface area contributed by atoms with Gasteiger partial charge < -0.3 is 5.32 Å². The predicted molar refractivity (Wildman–Crippen MR) is 117 cm³/mol. The lowest BCUT2D eigenvalue weighted by molar-refractivity contribution is -0.136. The van der Waals surface area contributed by atoms with Gasteiger partial charge >= 0.3 is 0 Å². The number of likely N-dealkylation sites (tertiary alicyclic amines) is 1. The van der Waals surface area contributed by atoms with Crippen molar-refractivity contribution in [1.29, 1.82) is 0 Å². The number of hydrogen-bond acceptors (Lipinski definition) is 6. The van der Waals surface area contributed by atoms with Crippen LogP contribution in [-0.2, 0) is 16.1 Å². The van der Waals surface area contributed by atoms with Gasteiger partial charge in [-0.3, -0.25) is 34.3 Å². The Labute approximate surface area is 187 Å². The van der Waals surface area contributed by atoms with Crippen molar-refractivity contribution in [1.82, 2.24) is 20.4 Å². The van der Waals surface area contributed by atoms with Gasteiger partial charge in [0.1, 0.15) is 6.04 Å². The summed E-state index contributed by atoms with van der Waals surface area (Å²) >= 11 is 0. The molecule has 4 aliphatic heterocycles. The van der Waals surface area contributed by atoms with E-state index in [0.717, 1.165) is 55.0 Å². The highest BCUT2D eigenvalue weighted by atomic mass is 16.2. The molecule has 0 radical (unpaired) electrons. The molecule has 0 aromatic heterocycles. The van der Waals surface area contributed by atoms with E-state index >= 15 is 0 Å². The standard InChI is InChI=1S/C24H30N4O4/c29-21-6-5-20(22(30)26-21)28-23(31)18-4-3-15(12-19(18)24(28)32)13-27-11-1-2-17(14-27)16-7-9-25-10-8-16/h3-4,12,16-17,20,25H,1-2,5-11,13-14H2,(H,26,29,30). The van der Waals surface area contributed by atoms with Gasteiger partial charge in [-0.25, -0.2) is 0 Å². The van der Waals surface area contributed by atoms with Crippen LogP contribution >= 0.6 is 0 Å². The molecule has 4 aliphatic rings. The van der Waals surface area contributed by atoms with Crippen molar-refractivity contribution in [3.05, 3.63) is 34.9 Å². The molecule has 8 nitrogen and oxygen atoms in total. The molecular weight excluding hydrogens is 408 g/mol. The van der Waals surface area contributed by atoms with Crippen LogP contribution in [0.4, 0.5) is 0 Å². The van der Waals surface area contributed by atoms with Gasteiger partial charge in [-0.05, 0) is 81.3 Å². The molecule has 2 N–H and O–H groups in total. The van der Waals surface area contributed by atoms with Crippen molar-refractivity contribution in [3.63, 3.8) is 0 Å². The average molecular weight is 439 g/mol. The summed E-state index contributed by atoms with van der Waals surface area (Å²) < 4.78 is 0. The van der Waals surface area contributed by atoms with Crippen LogP contribution in [-0.4, -0.2) is 65.6 Å². The maximum absolute atomic E-state index is 13.1. The van der Waals surface area contributed by atoms with Gasteiger partial charge in [-0.1, -0.05) is 6.07 Å². The first-order valence-electron chi connectivity index (χ1n) is 11.8. The molecule has 3 saturated heterocycles. The predicted octanol–water partition coefficient (Wildman–Crippen LogP) is 1.30. The van der Waals surface area contributed by atoms with Crippen molar-refractivity contribution in [3.8, 4) is 0 Å². The van der Waals surface area contributed by atoms with Gasteiger partial charge in [0, 0.05) is 19.5 Å². The maximum atomic E-state index is 13.1. The SMILES string of the molecule is O=C1CCC(N2C(=O)c3ccc(CN4CCCC(C5CCNCC5)C4)cc3C2=O)C(=O)N1. The number of nitrogens with zero attached hydrogens (tertiary/aromatic N) is 2. The first-order chi connectivity index (χ1) is 15.5. The topological polar surface area (TPSA) is 98.8 Å². The van der Waals surface area contributed by atoms with Crippen LogP contribution in [0.2, 0.25) is 0 Å². The van der Waals surface area contributed by atoms with Crippen LogP contribution in [0.15, 0.2) is 18.2 Å². The smallest absolute Gasteiger partial charge is 0.262 e. The van der Waals surface area contributed by atoms with Crippen molar-refractivity contribution >= 4 is 23.6 Å². The Hall–Kier alpha value is -2.58. The van der Waals surface area contributed by atoms with Crippen molar-refractivity contribution in [2.24, 2.45) is 11.8 Å². The highest BCUT2D eigenvalue weighted by molar-refractivity contribution is 6.23. The minimum absolute atomic E-state index is 0.127. The van der Waals surface area contributed by atoms with E-state index in [4.69, 9.17) is 0 Å². The zero-order valence-electron chi connectivity index (χ0n) is 18.3. The van der Waals surface area contributed by atoms with Crippen LogP contribution < -0.4 is 10.6 Å². The van der Waals surface area contributed by atoms with Gasteiger partial charge in [-0.2, -0.15) is 0 Å². The monoisotopic (exact) mass is 438 g/mol. The minimum atomic E-state index is -0.920. The van der Waals surface area contributed by atoms with Crippen LogP contribution in [0, 0.1) is 11.8 Å². The van der Waals surface area contributed by atoms with Crippen LogP contribution in [0.1, 0.15) is 64.8 Å². The lowest BCUT2D eigenvalue weighted by Gasteiger charge is -2.38. The molecule has 1 aromatic rings. The van der Waals surface area contributed by atoms with Crippen molar-refractivity contribution in [2.75, 3.05) is 26.2 Å². The maximum Gasteiger partial charge on any atom is 0.262 e. The quantitative estimate of drug-likeness (QED) is 0.688. The number of hydrogen-bond donors (Lipinski definition) is 2. The van der Waals surface area contributed by atoms with Crippen LogP contribution in [0.25, 0.3) is 0 Å². The molecule has 8 heteroatoms. The molecule has 0 bridgehead atoms. The normalized spacial score (nSPS) is 27.6. The Morgan fingerprint density at radius 2 is 1.69 bits per heavy atom. The molecule has 4 heterocycles. The second-order valence-electron chi connectivity index (χ2n) is 9.55. The van der Waals surface area contributed by atoms with Crippen molar-refractivity contribution < 1.29 is 19.2 Å². The lowest BCUT2D eigenvalue weighted by Crippen LogP contribution is -2.54. The second-order valence-corrected chi connectivity index (χ2v) is 9.55. The molecule has 2 unspecified atom stereocenters. The summed E-state index contributed by atoms with van der Waals surface area (Å²) in [6, 6.07) is 4.53. The van der Waals surface area contributed by atoms with Gasteiger partial charge in [-0.15, -0.1) is 0 Å². The molecule has 0 saturated carbocycles. The largest absolute Gasteiger partial charge is 0.317 e. The summed E-state index contributed by atoms with van der Waals surface area (Å²) in [5, 5.41) is 5.69. The number of benzene rings is 1. The number of carbonyl (C=O) groups is 4. The third kappa shape index (κ3) is 3.97. The average Bonchev–Trinajstić information content (AvgIpc) is 3.04. The first kappa shape index (κ1) is 21.3. The summed E-state index contributed by atoms with van der Waals surface area (Å²) in [5.74, 6) is -0.308. The van der Waals surface area contributed by atoms with Gasteiger partial charge in [0.15, 0.2) is 0 Å². The Morgan fingerprint density at radius 1 is 0.906 bits per heavy atom. The Morgan fingerprint density at radius 3 is 2.47 bits per heavy atom. The molecule has 0 aliphatic carbocycles. The van der Waals surface area contributed by atoms with E-state index < -0.39 is 23.8 Å². The second kappa shape index (κ2) is 8.75. The van der Waals surface area contributed by atoms with Gasteiger partial charge in [0.2, 0.25) is 11.8 Å². The zero-order chi connectivity index (χ0) is 22.2. The molecule has 5 rings (SSSR count). The summed E-state index contributed by atoms with van der Waals surface area (Å²) in [4.78, 5) is 53.1. The molecule has 2 atom stereocenters. The minimum Gasteiger partial charge on any atom is -0.317 e. The summed E-state index contributed by atoms with van der Waals surface area (Å²) in [6.45, 7) is 5.12. The summed E-state index contributed by atoms with van der Waals surface area (Å²) in [5.41, 5.74) is 1.72. The Kier molecular flexibility index (Phi) is 5.82. The Bertz CT molecular complexity index is 955. The van der Waals surface area contributed by atoms with Gasteiger partial charge in [0.05, 0.1) is 11.1 Å². The number of fused-ring (bicyclic) bond motifs is 1. The fourth-order valence-electron chi connectivity index (χ4n) is 5.81. The highest BCUT2D eigenvalue weighted by Gasteiger charge is 2.44. The number of carbonyl (C=O) groups excluding carboxylic acids is 4. The molecule has 170 valence electrons. The lowest BCUT2D eigenvalue weighted by atomic mass is 9.80. The third-order valence-corrected chi connectivity index (χ3v) is 7.50. The summed E-state index contributed by atoms with van der Waals surface area (Å²) in [7, 11) is 0. The fraction of sp³-hybridized carbons (Fsp3) is 0.583. The van der Waals surface area contributed by atoms with E-state index in [1.807, 2.05) is 12.1 Å². The first-order valence-corrected chi connectivity index (χ1v) is 11.8. The summed E-state index contributed by atoms with van der Waals surface area (Å²) in [6.07, 6.45) is 5.30. The molecule has 4 amide bonds. The van der Waals surface area contributed by atoms with Crippen LogP contribution in [0.5, 0.6) is 0 Å². The van der Waals surface area contributed by atoms with Gasteiger partial charge in [0.25, 0.3) is 11.8 Å². The van der Waals surface area contributed by atoms with E-state index in [1.165, 1.54) is 25.7 Å². The van der Waals surface area contributed by atoms with Crippen molar-refractivity contribution in [2.45, 2.75) is 51.1 Å². The van der Waals surface area contributed by atoms with E-state index in [2.05, 4.69) is 15.5 Å². The molecule has 1 aromatic carbocycles. The highest BCUT2D eigenvalue weighted by Crippen LogP contribution is 2.32. The zero-order valence-corrected chi connectivity index (χ0v) is 18.3. The number of rotatable bonds is 4.